The molecule has 0 radical (unpaired) electrons. The van der Waals surface area contributed by atoms with Crippen LogP contribution in [-0.2, 0) is 0 Å². The number of hydrogen-bond donors (Lipinski definition) is 2. The number of nitrogens with zero attached hydrogens (tertiary/aromatic N) is 3. The molecule has 0 saturated heterocycles. The van der Waals surface area contributed by atoms with Crippen LogP contribution in [0.4, 0.5) is 11.6 Å². The smallest absolute Gasteiger partial charge is 0.257 e. The van der Waals surface area contributed by atoms with E-state index < -0.39 is 6.17 Å². The van der Waals surface area contributed by atoms with Gasteiger partial charge in [0, 0.05) is 22.5 Å². The van der Waals surface area contributed by atoms with Crippen LogP contribution in [0.2, 0.25) is 5.02 Å². The molecule has 0 fully saturated rings. The van der Waals surface area contributed by atoms with Crippen LogP contribution in [0.1, 0.15) is 28.6 Å². The highest BCUT2D eigenvalue weighted by Gasteiger charge is 2.25. The number of halogens is 1. The fourth-order valence-corrected chi connectivity index (χ4v) is 3.25. The van der Waals surface area contributed by atoms with Gasteiger partial charge in [-0.1, -0.05) is 29.8 Å². The molecule has 1 atom stereocenters. The number of fused-ring (bicyclic) bond motifs is 1. The Morgan fingerprint density at radius 2 is 1.79 bits per heavy atom. The lowest BCUT2D eigenvalue weighted by Gasteiger charge is -2.27. The average molecular weight is 394 g/mol. The first-order chi connectivity index (χ1) is 13.4. The first-order valence-corrected chi connectivity index (χ1v) is 9.33. The van der Waals surface area contributed by atoms with Gasteiger partial charge in [0.25, 0.3) is 5.56 Å². The summed E-state index contributed by atoms with van der Waals surface area (Å²) >= 11 is 6.03. The number of aryl methyl sites for hydroxylation is 3. The number of rotatable bonds is 2. The van der Waals surface area contributed by atoms with Crippen molar-refractivity contribution in [3.05, 3.63) is 86.3 Å². The molecule has 6 nitrogen and oxygen atoms in total. The minimum atomic E-state index is -0.539. The van der Waals surface area contributed by atoms with Crippen molar-refractivity contribution in [3.63, 3.8) is 0 Å². The third-order valence-corrected chi connectivity index (χ3v) is 5.00. The van der Waals surface area contributed by atoms with E-state index in [2.05, 4.69) is 41.6 Å². The Balaban J connectivity index is 1.78. The van der Waals surface area contributed by atoms with E-state index in [0.717, 1.165) is 11.3 Å². The number of anilines is 2. The number of guanidine groups is 1. The van der Waals surface area contributed by atoms with Crippen LogP contribution >= 0.6 is 11.6 Å². The zero-order valence-electron chi connectivity index (χ0n) is 15.8. The van der Waals surface area contributed by atoms with Crippen LogP contribution in [0.25, 0.3) is 0 Å². The molecule has 0 bridgehead atoms. The minimum absolute atomic E-state index is 0.163. The molecule has 0 aliphatic carbocycles. The van der Waals surface area contributed by atoms with Gasteiger partial charge in [0.15, 0.2) is 6.17 Å². The molecule has 2 aromatic carbocycles. The second-order valence-corrected chi connectivity index (χ2v) is 7.32. The molecular weight excluding hydrogens is 374 g/mol. The van der Waals surface area contributed by atoms with Crippen molar-refractivity contribution < 1.29 is 0 Å². The third kappa shape index (κ3) is 3.51. The number of benzene rings is 2. The maximum absolute atomic E-state index is 12.6. The highest BCUT2D eigenvalue weighted by molar-refractivity contribution is 6.30. The molecular formula is C21H20ClN5O. The molecule has 142 valence electrons. The standard InChI is InChI=1S/C21H20ClN5O/c1-12-4-9-17(10-13(12)2)24-20-25-19(15-5-7-16(22)8-6-15)27-18(28)11-14(3)23-21(27)26-20/h4-11,19H,1-3H3,(H2,23,24,25,26). The summed E-state index contributed by atoms with van der Waals surface area (Å²) in [4.78, 5) is 21.9. The van der Waals surface area contributed by atoms with Crippen LogP contribution < -0.4 is 16.2 Å². The Morgan fingerprint density at radius 1 is 1.04 bits per heavy atom. The monoisotopic (exact) mass is 393 g/mol. The van der Waals surface area contributed by atoms with Crippen molar-refractivity contribution in [1.29, 1.82) is 0 Å². The summed E-state index contributed by atoms with van der Waals surface area (Å²) in [6.07, 6.45) is -0.539. The second kappa shape index (κ2) is 7.13. The number of hydrogen-bond acceptors (Lipinski definition) is 5. The molecule has 1 aliphatic rings. The number of nitrogens with one attached hydrogen (secondary N) is 2. The highest BCUT2D eigenvalue weighted by atomic mass is 35.5. The van der Waals surface area contributed by atoms with Crippen molar-refractivity contribution in [3.8, 4) is 0 Å². The predicted octanol–water partition coefficient (Wildman–Crippen LogP) is 4.26. The molecule has 1 unspecified atom stereocenters. The van der Waals surface area contributed by atoms with E-state index in [1.165, 1.54) is 17.2 Å². The first-order valence-electron chi connectivity index (χ1n) is 8.95. The van der Waals surface area contributed by atoms with E-state index in [1.807, 2.05) is 18.2 Å². The minimum Gasteiger partial charge on any atom is -0.326 e. The second-order valence-electron chi connectivity index (χ2n) is 6.88. The van der Waals surface area contributed by atoms with E-state index in [9.17, 15) is 4.79 Å². The lowest BCUT2D eigenvalue weighted by molar-refractivity contribution is 0.577. The molecule has 4 rings (SSSR count). The first kappa shape index (κ1) is 18.3. The van der Waals surface area contributed by atoms with Gasteiger partial charge in [-0.25, -0.2) is 9.98 Å². The molecule has 2 heterocycles. The van der Waals surface area contributed by atoms with Crippen molar-refractivity contribution in [1.82, 2.24) is 9.55 Å². The molecule has 0 amide bonds. The molecule has 28 heavy (non-hydrogen) atoms. The molecule has 0 saturated carbocycles. The topological polar surface area (TPSA) is 71.3 Å². The molecule has 0 spiro atoms. The van der Waals surface area contributed by atoms with Crippen LogP contribution in [0.15, 0.2) is 58.3 Å². The Kier molecular flexibility index (Phi) is 4.65. The van der Waals surface area contributed by atoms with E-state index in [0.29, 0.717) is 22.6 Å². The third-order valence-electron chi connectivity index (χ3n) is 4.74. The molecule has 3 aromatic rings. The maximum Gasteiger partial charge on any atom is 0.257 e. The van der Waals surface area contributed by atoms with Gasteiger partial charge in [0.2, 0.25) is 11.9 Å². The summed E-state index contributed by atoms with van der Waals surface area (Å²) in [6, 6.07) is 14.9. The average Bonchev–Trinajstić information content (AvgIpc) is 2.64. The quantitative estimate of drug-likeness (QED) is 0.682. The normalized spacial score (nSPS) is 15.4. The Morgan fingerprint density at radius 3 is 2.50 bits per heavy atom. The number of aliphatic imine (C=N–C) groups is 1. The maximum atomic E-state index is 12.6. The van der Waals surface area contributed by atoms with Gasteiger partial charge in [-0.3, -0.25) is 14.7 Å². The summed E-state index contributed by atoms with van der Waals surface area (Å²) in [6.45, 7) is 5.93. The van der Waals surface area contributed by atoms with Gasteiger partial charge in [0.1, 0.15) is 0 Å². The van der Waals surface area contributed by atoms with Crippen LogP contribution in [0.5, 0.6) is 0 Å². The van der Waals surface area contributed by atoms with Gasteiger partial charge in [-0.2, -0.15) is 0 Å². The lowest BCUT2D eigenvalue weighted by atomic mass is 10.1. The van der Waals surface area contributed by atoms with Crippen molar-refractivity contribution >= 4 is 29.2 Å². The fourth-order valence-electron chi connectivity index (χ4n) is 3.13. The van der Waals surface area contributed by atoms with E-state index in [-0.39, 0.29) is 5.56 Å². The van der Waals surface area contributed by atoms with Gasteiger partial charge >= 0.3 is 0 Å². The van der Waals surface area contributed by atoms with E-state index in [1.54, 1.807) is 23.6 Å². The largest absolute Gasteiger partial charge is 0.326 e. The molecule has 2 N–H and O–H groups in total. The van der Waals surface area contributed by atoms with E-state index >= 15 is 0 Å². The van der Waals surface area contributed by atoms with E-state index in [4.69, 9.17) is 16.6 Å². The van der Waals surface area contributed by atoms with Crippen molar-refractivity contribution in [2.75, 3.05) is 10.6 Å². The summed E-state index contributed by atoms with van der Waals surface area (Å²) in [7, 11) is 0. The SMILES string of the molecule is Cc1cc(=O)n2c(n1)NC(Nc1ccc(C)c(C)c1)=NC2c1ccc(Cl)cc1. The van der Waals surface area contributed by atoms with Crippen molar-refractivity contribution in [2.45, 2.75) is 26.9 Å². The van der Waals surface area contributed by atoms with Crippen LogP contribution in [0, 0.1) is 20.8 Å². The Hall–Kier alpha value is -3.12. The molecule has 1 aliphatic heterocycles. The van der Waals surface area contributed by atoms with Gasteiger partial charge in [-0.05, 0) is 61.7 Å². The van der Waals surface area contributed by atoms with Gasteiger partial charge in [-0.15, -0.1) is 0 Å². The Bertz CT molecular complexity index is 1130. The summed E-state index contributed by atoms with van der Waals surface area (Å²) < 4.78 is 1.54. The predicted molar refractivity (Wildman–Crippen MR) is 113 cm³/mol. The van der Waals surface area contributed by atoms with Crippen molar-refractivity contribution in [2.24, 2.45) is 4.99 Å². The summed E-state index contributed by atoms with van der Waals surface area (Å²) in [5, 5.41) is 7.06. The van der Waals surface area contributed by atoms with Gasteiger partial charge < -0.3 is 5.32 Å². The van der Waals surface area contributed by atoms with Crippen LogP contribution in [-0.4, -0.2) is 15.5 Å². The lowest BCUT2D eigenvalue weighted by Crippen LogP contribution is -2.37. The zero-order chi connectivity index (χ0) is 19.8. The summed E-state index contributed by atoms with van der Waals surface area (Å²) in [5.41, 5.74) is 4.64. The van der Waals surface area contributed by atoms with Gasteiger partial charge in [0.05, 0.1) is 0 Å². The Labute approximate surface area is 167 Å². The fraction of sp³-hybridized carbons (Fsp3) is 0.190. The highest BCUT2D eigenvalue weighted by Crippen LogP contribution is 2.27. The van der Waals surface area contributed by atoms with Crippen LogP contribution in [0.3, 0.4) is 0 Å². The summed E-state index contributed by atoms with van der Waals surface area (Å²) in [5.74, 6) is 0.979. The number of aromatic nitrogens is 2. The zero-order valence-corrected chi connectivity index (χ0v) is 16.6. The molecule has 7 heteroatoms. The molecule has 1 aromatic heterocycles.